The molecule has 1 amide bonds. The summed E-state index contributed by atoms with van der Waals surface area (Å²) in [5.74, 6) is 2.26. The second-order valence-corrected chi connectivity index (χ2v) is 9.42. The first-order chi connectivity index (χ1) is 15.1. The molecule has 158 valence electrons. The van der Waals surface area contributed by atoms with Crippen molar-refractivity contribution in [2.24, 2.45) is 11.8 Å². The number of hydrogen-bond acceptors (Lipinski definition) is 5. The fourth-order valence-corrected chi connectivity index (χ4v) is 5.27. The van der Waals surface area contributed by atoms with E-state index < -0.39 is 0 Å². The minimum atomic E-state index is 0.162. The van der Waals surface area contributed by atoms with Gasteiger partial charge in [0.25, 0.3) is 0 Å². The lowest BCUT2D eigenvalue weighted by Gasteiger charge is -2.34. The van der Waals surface area contributed by atoms with Crippen molar-refractivity contribution >= 4 is 34.2 Å². The van der Waals surface area contributed by atoms with Crippen LogP contribution in [0.4, 0.5) is 0 Å². The number of likely N-dealkylation sites (tertiary alicyclic amines) is 1. The molecule has 0 spiro atoms. The predicted molar refractivity (Wildman–Crippen MR) is 124 cm³/mol. The average Bonchev–Trinajstić information content (AvgIpc) is 3.23. The van der Waals surface area contributed by atoms with E-state index in [0.29, 0.717) is 28.6 Å². The molecule has 1 aliphatic rings. The maximum Gasteiger partial charge on any atom is 0.233 e. The highest BCUT2D eigenvalue weighted by molar-refractivity contribution is 7.99. The van der Waals surface area contributed by atoms with Crippen LogP contribution in [0.3, 0.4) is 0 Å². The standard InChI is InChI=1S/C24H25N5OS/c1-16-12-17(2)14-28(13-16)21(30)15-31-24-25-20-11-7-6-10-19(20)23-26-22(27-29(23)24)18-8-4-3-5-9-18/h3-11,16-17H,12-15H2,1-2H3. The van der Waals surface area contributed by atoms with E-state index in [1.54, 1.807) is 4.52 Å². The minimum Gasteiger partial charge on any atom is -0.341 e. The zero-order chi connectivity index (χ0) is 21.4. The van der Waals surface area contributed by atoms with Gasteiger partial charge in [-0.15, -0.1) is 5.10 Å². The van der Waals surface area contributed by atoms with Crippen LogP contribution >= 0.6 is 11.8 Å². The van der Waals surface area contributed by atoms with E-state index in [1.165, 1.54) is 18.2 Å². The topological polar surface area (TPSA) is 63.4 Å². The average molecular weight is 432 g/mol. The normalized spacial score (nSPS) is 19.2. The number of hydrogen-bond donors (Lipinski definition) is 0. The van der Waals surface area contributed by atoms with E-state index in [2.05, 4.69) is 13.8 Å². The lowest BCUT2D eigenvalue weighted by Crippen LogP contribution is -2.43. The van der Waals surface area contributed by atoms with Crippen molar-refractivity contribution in [1.29, 1.82) is 0 Å². The smallest absolute Gasteiger partial charge is 0.233 e. The molecule has 3 heterocycles. The lowest BCUT2D eigenvalue weighted by molar-refractivity contribution is -0.130. The summed E-state index contributed by atoms with van der Waals surface area (Å²) in [5, 5.41) is 6.39. The van der Waals surface area contributed by atoms with Crippen LogP contribution in [0.1, 0.15) is 20.3 Å². The first kappa shape index (κ1) is 20.0. The highest BCUT2D eigenvalue weighted by Crippen LogP contribution is 2.27. The minimum absolute atomic E-state index is 0.162. The highest BCUT2D eigenvalue weighted by Gasteiger charge is 2.26. The van der Waals surface area contributed by atoms with Gasteiger partial charge in [-0.1, -0.05) is 68.1 Å². The number of piperidine rings is 1. The van der Waals surface area contributed by atoms with Gasteiger partial charge in [-0.25, -0.2) is 9.97 Å². The quantitative estimate of drug-likeness (QED) is 0.351. The van der Waals surface area contributed by atoms with Crippen LogP contribution in [-0.2, 0) is 4.79 Å². The van der Waals surface area contributed by atoms with Gasteiger partial charge in [0.1, 0.15) is 0 Å². The Bertz CT molecular complexity index is 1230. The molecule has 1 aliphatic heterocycles. The number of benzene rings is 2. The number of aromatic nitrogens is 4. The molecule has 7 heteroatoms. The van der Waals surface area contributed by atoms with Crippen molar-refractivity contribution in [3.8, 4) is 11.4 Å². The molecule has 2 atom stereocenters. The van der Waals surface area contributed by atoms with Gasteiger partial charge in [0, 0.05) is 24.0 Å². The molecule has 5 rings (SSSR count). The summed E-state index contributed by atoms with van der Waals surface area (Å²) in [5.41, 5.74) is 2.58. The number of fused-ring (bicyclic) bond motifs is 3. The van der Waals surface area contributed by atoms with Crippen LogP contribution in [0, 0.1) is 11.8 Å². The third-order valence-electron chi connectivity index (χ3n) is 5.73. The van der Waals surface area contributed by atoms with E-state index in [-0.39, 0.29) is 5.91 Å². The maximum atomic E-state index is 12.9. The number of para-hydroxylation sites is 1. The Kier molecular flexibility index (Phi) is 5.36. The van der Waals surface area contributed by atoms with Crippen molar-refractivity contribution in [1.82, 2.24) is 24.5 Å². The number of rotatable bonds is 4. The summed E-state index contributed by atoms with van der Waals surface area (Å²) in [7, 11) is 0. The number of thioether (sulfide) groups is 1. The monoisotopic (exact) mass is 431 g/mol. The summed E-state index contributed by atoms with van der Waals surface area (Å²) in [4.78, 5) is 24.5. The number of nitrogens with zero attached hydrogens (tertiary/aromatic N) is 5. The molecule has 2 aromatic heterocycles. The molecule has 6 nitrogen and oxygen atoms in total. The van der Waals surface area contributed by atoms with E-state index in [4.69, 9.17) is 15.1 Å². The summed E-state index contributed by atoms with van der Waals surface area (Å²) < 4.78 is 1.78. The van der Waals surface area contributed by atoms with Crippen LogP contribution in [0.5, 0.6) is 0 Å². The summed E-state index contributed by atoms with van der Waals surface area (Å²) >= 11 is 1.44. The zero-order valence-corrected chi connectivity index (χ0v) is 18.5. The van der Waals surface area contributed by atoms with Gasteiger partial charge in [-0.2, -0.15) is 4.52 Å². The molecule has 2 unspecified atom stereocenters. The van der Waals surface area contributed by atoms with Crippen molar-refractivity contribution in [2.45, 2.75) is 25.4 Å². The predicted octanol–water partition coefficient (Wildman–Crippen LogP) is 4.54. The second-order valence-electron chi connectivity index (χ2n) is 8.48. The van der Waals surface area contributed by atoms with E-state index in [0.717, 1.165) is 35.2 Å². The second kappa shape index (κ2) is 8.30. The summed E-state index contributed by atoms with van der Waals surface area (Å²) in [6.07, 6.45) is 1.19. The Morgan fingerprint density at radius 2 is 1.71 bits per heavy atom. The highest BCUT2D eigenvalue weighted by atomic mass is 32.2. The van der Waals surface area contributed by atoms with Gasteiger partial charge in [-0.05, 0) is 30.4 Å². The first-order valence-corrected chi connectivity index (χ1v) is 11.7. The fraction of sp³-hybridized carbons (Fsp3) is 0.333. The molecular formula is C24H25N5OS. The van der Waals surface area contributed by atoms with E-state index in [1.807, 2.05) is 59.5 Å². The third-order valence-corrected chi connectivity index (χ3v) is 6.64. The summed E-state index contributed by atoms with van der Waals surface area (Å²) in [6, 6.07) is 17.9. The molecule has 2 aromatic carbocycles. The maximum absolute atomic E-state index is 12.9. The van der Waals surface area contributed by atoms with Crippen LogP contribution in [0.25, 0.3) is 27.9 Å². The SMILES string of the molecule is CC1CC(C)CN(C(=O)CSc2nc3ccccc3c3nc(-c4ccccc4)nn23)C1. The molecule has 0 radical (unpaired) electrons. The van der Waals surface area contributed by atoms with Gasteiger partial charge in [0.2, 0.25) is 5.91 Å². The molecule has 31 heavy (non-hydrogen) atoms. The van der Waals surface area contributed by atoms with Gasteiger partial charge in [0.05, 0.1) is 11.3 Å². The molecule has 4 aromatic rings. The molecule has 0 N–H and O–H groups in total. The molecule has 0 saturated carbocycles. The van der Waals surface area contributed by atoms with Crippen molar-refractivity contribution in [3.05, 3.63) is 54.6 Å². The van der Waals surface area contributed by atoms with Gasteiger partial charge < -0.3 is 4.90 Å². The zero-order valence-electron chi connectivity index (χ0n) is 17.7. The largest absolute Gasteiger partial charge is 0.341 e. The number of carbonyl (C=O) groups is 1. The van der Waals surface area contributed by atoms with Crippen LogP contribution in [0.2, 0.25) is 0 Å². The molecule has 1 fully saturated rings. The van der Waals surface area contributed by atoms with Crippen molar-refractivity contribution < 1.29 is 4.79 Å². The molecule has 0 bridgehead atoms. The Hall–Kier alpha value is -2.93. The van der Waals surface area contributed by atoms with E-state index >= 15 is 0 Å². The van der Waals surface area contributed by atoms with Crippen molar-refractivity contribution in [2.75, 3.05) is 18.8 Å². The third kappa shape index (κ3) is 4.02. The van der Waals surface area contributed by atoms with Gasteiger partial charge in [0.15, 0.2) is 16.6 Å². The van der Waals surface area contributed by atoms with Crippen LogP contribution in [0.15, 0.2) is 59.8 Å². The van der Waals surface area contributed by atoms with E-state index in [9.17, 15) is 4.79 Å². The van der Waals surface area contributed by atoms with Gasteiger partial charge in [-0.3, -0.25) is 4.79 Å². The Morgan fingerprint density at radius 1 is 1.00 bits per heavy atom. The first-order valence-electron chi connectivity index (χ1n) is 10.7. The van der Waals surface area contributed by atoms with Crippen LogP contribution < -0.4 is 0 Å². The fourth-order valence-electron chi connectivity index (χ4n) is 4.42. The Morgan fingerprint density at radius 3 is 2.48 bits per heavy atom. The number of amides is 1. The molecule has 0 aliphatic carbocycles. The Labute approximate surface area is 185 Å². The Balaban J connectivity index is 1.48. The van der Waals surface area contributed by atoms with Crippen molar-refractivity contribution in [3.63, 3.8) is 0 Å². The lowest BCUT2D eigenvalue weighted by atomic mass is 9.92. The molecular weight excluding hydrogens is 406 g/mol. The number of carbonyl (C=O) groups excluding carboxylic acids is 1. The van der Waals surface area contributed by atoms with Crippen LogP contribution in [-0.4, -0.2) is 49.2 Å². The van der Waals surface area contributed by atoms with Gasteiger partial charge >= 0.3 is 0 Å². The summed E-state index contributed by atoms with van der Waals surface area (Å²) in [6.45, 7) is 6.12. The molecule has 1 saturated heterocycles.